The SMILES string of the molecule is CCOc1ccc(S(=O)(=O)Nc2ccc(CO)cc2)cc1. The fraction of sp³-hybridized carbons (Fsp3) is 0.200. The van der Waals surface area contributed by atoms with E-state index in [1.54, 1.807) is 36.4 Å². The van der Waals surface area contributed by atoms with Crippen LogP contribution in [0.4, 0.5) is 5.69 Å². The molecule has 0 aliphatic heterocycles. The van der Waals surface area contributed by atoms with Crippen molar-refractivity contribution < 1.29 is 18.3 Å². The van der Waals surface area contributed by atoms with Gasteiger partial charge < -0.3 is 9.84 Å². The monoisotopic (exact) mass is 307 g/mol. The largest absolute Gasteiger partial charge is 0.494 e. The number of nitrogens with one attached hydrogen (secondary N) is 1. The Morgan fingerprint density at radius 2 is 1.67 bits per heavy atom. The number of rotatable bonds is 6. The highest BCUT2D eigenvalue weighted by molar-refractivity contribution is 7.92. The summed E-state index contributed by atoms with van der Waals surface area (Å²) in [6.45, 7) is 2.32. The van der Waals surface area contributed by atoms with Crippen LogP contribution in [0.25, 0.3) is 0 Å². The van der Waals surface area contributed by atoms with Gasteiger partial charge in [-0.25, -0.2) is 8.42 Å². The molecule has 6 heteroatoms. The van der Waals surface area contributed by atoms with Gasteiger partial charge in [0.2, 0.25) is 0 Å². The second-order valence-corrected chi connectivity index (χ2v) is 6.05. The first-order valence-corrected chi connectivity index (χ1v) is 7.99. The van der Waals surface area contributed by atoms with E-state index in [1.807, 2.05) is 6.92 Å². The van der Waals surface area contributed by atoms with Gasteiger partial charge in [0.15, 0.2) is 0 Å². The van der Waals surface area contributed by atoms with Gasteiger partial charge in [-0.2, -0.15) is 0 Å². The number of ether oxygens (including phenoxy) is 1. The van der Waals surface area contributed by atoms with Crippen LogP contribution >= 0.6 is 0 Å². The van der Waals surface area contributed by atoms with Gasteiger partial charge in [0.25, 0.3) is 10.0 Å². The van der Waals surface area contributed by atoms with E-state index in [1.165, 1.54) is 12.1 Å². The van der Waals surface area contributed by atoms with Crippen molar-refractivity contribution >= 4 is 15.7 Å². The smallest absolute Gasteiger partial charge is 0.261 e. The summed E-state index contributed by atoms with van der Waals surface area (Å²) in [6.07, 6.45) is 0. The van der Waals surface area contributed by atoms with Crippen molar-refractivity contribution in [3.8, 4) is 5.75 Å². The third-order valence-electron chi connectivity index (χ3n) is 2.83. The predicted molar refractivity (Wildman–Crippen MR) is 80.8 cm³/mol. The van der Waals surface area contributed by atoms with E-state index in [0.717, 1.165) is 5.56 Å². The molecule has 0 aromatic heterocycles. The van der Waals surface area contributed by atoms with E-state index in [0.29, 0.717) is 18.0 Å². The van der Waals surface area contributed by atoms with Crippen LogP contribution < -0.4 is 9.46 Å². The average molecular weight is 307 g/mol. The molecule has 21 heavy (non-hydrogen) atoms. The maximum absolute atomic E-state index is 12.2. The molecule has 0 radical (unpaired) electrons. The normalized spacial score (nSPS) is 11.1. The van der Waals surface area contributed by atoms with Crippen molar-refractivity contribution in [1.29, 1.82) is 0 Å². The van der Waals surface area contributed by atoms with Crippen LogP contribution in [-0.2, 0) is 16.6 Å². The summed E-state index contributed by atoms with van der Waals surface area (Å²) in [6, 6.07) is 12.8. The lowest BCUT2D eigenvalue weighted by atomic mass is 10.2. The molecule has 2 N–H and O–H groups in total. The third-order valence-corrected chi connectivity index (χ3v) is 4.23. The molecule has 0 amide bonds. The van der Waals surface area contributed by atoms with Crippen LogP contribution in [0.5, 0.6) is 5.75 Å². The predicted octanol–water partition coefficient (Wildman–Crippen LogP) is 2.38. The molecule has 0 saturated carbocycles. The molecule has 112 valence electrons. The summed E-state index contributed by atoms with van der Waals surface area (Å²) < 4.78 is 32.2. The van der Waals surface area contributed by atoms with Crippen molar-refractivity contribution in [3.63, 3.8) is 0 Å². The first kappa shape index (κ1) is 15.3. The molecule has 0 aliphatic rings. The molecule has 5 nitrogen and oxygen atoms in total. The van der Waals surface area contributed by atoms with Crippen molar-refractivity contribution in [1.82, 2.24) is 0 Å². The average Bonchev–Trinajstić information content (AvgIpc) is 2.48. The molecule has 0 aliphatic carbocycles. The first-order chi connectivity index (χ1) is 10.0. The molecule has 2 rings (SSSR count). The molecular formula is C15H17NO4S. The minimum atomic E-state index is -3.63. The van der Waals surface area contributed by atoms with E-state index in [-0.39, 0.29) is 11.5 Å². The van der Waals surface area contributed by atoms with Crippen molar-refractivity contribution in [2.45, 2.75) is 18.4 Å². The highest BCUT2D eigenvalue weighted by Crippen LogP contribution is 2.19. The number of benzene rings is 2. The number of aliphatic hydroxyl groups is 1. The Balaban J connectivity index is 2.16. The highest BCUT2D eigenvalue weighted by atomic mass is 32.2. The van der Waals surface area contributed by atoms with Gasteiger partial charge >= 0.3 is 0 Å². The Hall–Kier alpha value is -2.05. The standard InChI is InChI=1S/C15H17NO4S/c1-2-20-14-7-9-15(10-8-14)21(18,19)16-13-5-3-12(11-17)4-6-13/h3-10,16-17H,2,11H2,1H3. The molecular weight excluding hydrogens is 290 g/mol. The van der Waals surface area contributed by atoms with Crippen molar-refractivity contribution in [3.05, 3.63) is 54.1 Å². The van der Waals surface area contributed by atoms with Crippen LogP contribution in [0.2, 0.25) is 0 Å². The number of aliphatic hydroxyl groups excluding tert-OH is 1. The lowest BCUT2D eigenvalue weighted by Crippen LogP contribution is -2.12. The summed E-state index contributed by atoms with van der Waals surface area (Å²) >= 11 is 0. The topological polar surface area (TPSA) is 75.6 Å². The zero-order chi connectivity index (χ0) is 15.3. The van der Waals surface area contributed by atoms with Gasteiger partial charge in [-0.15, -0.1) is 0 Å². The number of anilines is 1. The van der Waals surface area contributed by atoms with Gasteiger partial charge in [-0.3, -0.25) is 4.72 Å². The quantitative estimate of drug-likeness (QED) is 0.859. The first-order valence-electron chi connectivity index (χ1n) is 6.50. The molecule has 0 atom stereocenters. The van der Waals surface area contributed by atoms with Crippen molar-refractivity contribution in [2.24, 2.45) is 0 Å². The number of hydrogen-bond acceptors (Lipinski definition) is 4. The van der Waals surface area contributed by atoms with Crippen molar-refractivity contribution in [2.75, 3.05) is 11.3 Å². The van der Waals surface area contributed by atoms with E-state index in [9.17, 15) is 8.42 Å². The van der Waals surface area contributed by atoms with Gasteiger partial charge in [-0.1, -0.05) is 12.1 Å². The summed E-state index contributed by atoms with van der Waals surface area (Å²) in [5.74, 6) is 0.628. The molecule has 2 aromatic rings. The summed E-state index contributed by atoms with van der Waals surface area (Å²) in [5, 5.41) is 8.96. The second-order valence-electron chi connectivity index (χ2n) is 4.36. The van der Waals surface area contributed by atoms with E-state index in [4.69, 9.17) is 9.84 Å². The van der Waals surface area contributed by atoms with Crippen LogP contribution in [0.1, 0.15) is 12.5 Å². The second kappa shape index (κ2) is 6.60. The minimum absolute atomic E-state index is 0.0775. The molecule has 0 heterocycles. The zero-order valence-electron chi connectivity index (χ0n) is 11.6. The van der Waals surface area contributed by atoms with Crippen LogP contribution in [0, 0.1) is 0 Å². The zero-order valence-corrected chi connectivity index (χ0v) is 12.4. The molecule has 0 saturated heterocycles. The van der Waals surface area contributed by atoms with Gasteiger partial charge in [0, 0.05) is 5.69 Å². The molecule has 0 unspecified atom stereocenters. The lowest BCUT2D eigenvalue weighted by Gasteiger charge is -2.09. The maximum atomic E-state index is 12.2. The van der Waals surface area contributed by atoms with Crippen LogP contribution in [0.3, 0.4) is 0 Å². The molecule has 2 aromatic carbocycles. The molecule has 0 spiro atoms. The van der Waals surface area contributed by atoms with Gasteiger partial charge in [-0.05, 0) is 48.9 Å². The Labute approximate surface area is 124 Å². The molecule has 0 bridgehead atoms. The number of sulfonamides is 1. The fourth-order valence-electron chi connectivity index (χ4n) is 1.77. The highest BCUT2D eigenvalue weighted by Gasteiger charge is 2.14. The molecule has 0 fully saturated rings. The van der Waals surface area contributed by atoms with E-state index >= 15 is 0 Å². The van der Waals surface area contributed by atoms with E-state index in [2.05, 4.69) is 4.72 Å². The van der Waals surface area contributed by atoms with Crippen LogP contribution in [-0.4, -0.2) is 20.1 Å². The summed E-state index contributed by atoms with van der Waals surface area (Å²) in [5.41, 5.74) is 1.17. The Morgan fingerprint density at radius 3 is 2.19 bits per heavy atom. The minimum Gasteiger partial charge on any atom is -0.494 e. The fourth-order valence-corrected chi connectivity index (χ4v) is 2.83. The Kier molecular flexibility index (Phi) is 4.82. The van der Waals surface area contributed by atoms with E-state index < -0.39 is 10.0 Å². The van der Waals surface area contributed by atoms with Crippen LogP contribution in [0.15, 0.2) is 53.4 Å². The Bertz CT molecular complexity index is 679. The summed E-state index contributed by atoms with van der Waals surface area (Å²) in [4.78, 5) is 0.164. The van der Waals surface area contributed by atoms with Gasteiger partial charge in [0.1, 0.15) is 5.75 Å². The lowest BCUT2D eigenvalue weighted by molar-refractivity contribution is 0.282. The maximum Gasteiger partial charge on any atom is 0.261 e. The summed E-state index contributed by atoms with van der Waals surface area (Å²) in [7, 11) is -3.63. The van der Waals surface area contributed by atoms with Gasteiger partial charge in [0.05, 0.1) is 18.1 Å². The number of hydrogen-bond donors (Lipinski definition) is 2. The third kappa shape index (κ3) is 3.96. The Morgan fingerprint density at radius 1 is 1.05 bits per heavy atom.